The number of thiocarbonyl (C=S) groups is 1. The van der Waals surface area contributed by atoms with Gasteiger partial charge in [-0.3, -0.25) is 4.98 Å². The fraction of sp³-hybridized carbons (Fsp3) is 0.167. The molecule has 110 valence electrons. The van der Waals surface area contributed by atoms with Gasteiger partial charge in [0, 0.05) is 31.6 Å². The molecular weight excluding hydrogens is 397 g/mol. The molecule has 2 aromatic heterocycles. The summed E-state index contributed by atoms with van der Waals surface area (Å²) in [5.41, 5.74) is 0.722. The van der Waals surface area contributed by atoms with E-state index in [0.29, 0.717) is 38.5 Å². The summed E-state index contributed by atoms with van der Waals surface area (Å²) in [5, 5.41) is 7.39. The van der Waals surface area contributed by atoms with Crippen LogP contribution in [-0.4, -0.2) is 26.6 Å². The molecule has 0 unspecified atom stereocenters. The number of aromatic nitrogens is 3. The molecule has 0 radical (unpaired) electrons. The standard InChI is InChI=1S/C12H10BrCl2N5S/c13-10-11(18-6-5-17-10)20-12(21)19-4-2-8-9(15)7(14)1-3-16-8/h1,3,5-6H,2,4H2,(H2,18,19,20,21). The molecule has 0 fully saturated rings. The zero-order valence-electron chi connectivity index (χ0n) is 10.6. The van der Waals surface area contributed by atoms with Crippen molar-refractivity contribution < 1.29 is 0 Å². The Labute approximate surface area is 145 Å². The molecule has 0 aliphatic rings. The van der Waals surface area contributed by atoms with Gasteiger partial charge in [-0.1, -0.05) is 23.2 Å². The number of nitrogens with zero attached hydrogens (tertiary/aromatic N) is 3. The molecule has 0 saturated heterocycles. The average Bonchev–Trinajstić information content (AvgIpc) is 2.46. The quantitative estimate of drug-likeness (QED) is 0.758. The molecule has 2 rings (SSSR count). The van der Waals surface area contributed by atoms with E-state index in [-0.39, 0.29) is 0 Å². The lowest BCUT2D eigenvalue weighted by Gasteiger charge is -2.10. The van der Waals surface area contributed by atoms with E-state index in [4.69, 9.17) is 35.4 Å². The Bertz CT molecular complexity index is 655. The Hall–Kier alpha value is -1.02. The van der Waals surface area contributed by atoms with Crippen molar-refractivity contribution in [3.63, 3.8) is 0 Å². The van der Waals surface area contributed by atoms with Crippen molar-refractivity contribution in [3.05, 3.63) is 45.0 Å². The van der Waals surface area contributed by atoms with E-state index < -0.39 is 0 Å². The fourth-order valence-corrected chi connectivity index (χ4v) is 2.38. The first-order valence-corrected chi connectivity index (χ1v) is 7.84. The number of hydrogen-bond donors (Lipinski definition) is 2. The van der Waals surface area contributed by atoms with Crippen LogP contribution >= 0.6 is 51.3 Å². The second kappa shape index (κ2) is 7.84. The summed E-state index contributed by atoms with van der Waals surface area (Å²) in [4.78, 5) is 12.3. The van der Waals surface area contributed by atoms with Crippen LogP contribution in [0.5, 0.6) is 0 Å². The number of pyridine rings is 1. The predicted molar refractivity (Wildman–Crippen MR) is 91.9 cm³/mol. The Balaban J connectivity index is 1.85. The number of anilines is 1. The maximum absolute atomic E-state index is 6.06. The van der Waals surface area contributed by atoms with Crippen LogP contribution in [0, 0.1) is 0 Å². The van der Waals surface area contributed by atoms with Gasteiger partial charge in [-0.25, -0.2) is 9.97 Å². The first-order valence-electron chi connectivity index (χ1n) is 5.88. The smallest absolute Gasteiger partial charge is 0.172 e. The van der Waals surface area contributed by atoms with Gasteiger partial charge < -0.3 is 10.6 Å². The number of halogens is 3. The normalized spacial score (nSPS) is 10.2. The number of nitrogens with one attached hydrogen (secondary N) is 2. The van der Waals surface area contributed by atoms with E-state index in [1.54, 1.807) is 24.7 Å². The Morgan fingerprint density at radius 3 is 2.71 bits per heavy atom. The first kappa shape index (κ1) is 16.4. The van der Waals surface area contributed by atoms with Crippen molar-refractivity contribution >= 4 is 62.3 Å². The molecule has 0 atom stereocenters. The maximum Gasteiger partial charge on any atom is 0.172 e. The van der Waals surface area contributed by atoms with Crippen LogP contribution < -0.4 is 10.6 Å². The Morgan fingerprint density at radius 1 is 1.19 bits per heavy atom. The van der Waals surface area contributed by atoms with Gasteiger partial charge in [-0.15, -0.1) is 0 Å². The van der Waals surface area contributed by atoms with Crippen molar-refractivity contribution in [1.82, 2.24) is 20.3 Å². The summed E-state index contributed by atoms with van der Waals surface area (Å²) in [6, 6.07) is 1.65. The van der Waals surface area contributed by atoms with Crippen LogP contribution in [0.1, 0.15) is 5.69 Å². The molecule has 0 aliphatic heterocycles. The van der Waals surface area contributed by atoms with Crippen LogP contribution in [0.25, 0.3) is 0 Å². The highest BCUT2D eigenvalue weighted by molar-refractivity contribution is 9.10. The first-order chi connectivity index (χ1) is 10.1. The van der Waals surface area contributed by atoms with Crippen LogP contribution in [0.2, 0.25) is 10.0 Å². The van der Waals surface area contributed by atoms with E-state index in [0.717, 1.165) is 5.69 Å². The van der Waals surface area contributed by atoms with Crippen LogP contribution in [-0.2, 0) is 6.42 Å². The molecule has 2 aromatic rings. The van der Waals surface area contributed by atoms with Crippen molar-refractivity contribution in [1.29, 1.82) is 0 Å². The fourth-order valence-electron chi connectivity index (χ4n) is 1.49. The maximum atomic E-state index is 6.06. The summed E-state index contributed by atoms with van der Waals surface area (Å²) >= 11 is 20.5. The summed E-state index contributed by atoms with van der Waals surface area (Å²) in [5.74, 6) is 0.550. The van der Waals surface area contributed by atoms with Crippen LogP contribution in [0.4, 0.5) is 5.82 Å². The van der Waals surface area contributed by atoms with E-state index in [1.807, 2.05) is 0 Å². The van der Waals surface area contributed by atoms with Gasteiger partial charge in [0.15, 0.2) is 10.9 Å². The van der Waals surface area contributed by atoms with E-state index in [1.165, 1.54) is 0 Å². The van der Waals surface area contributed by atoms with Gasteiger partial charge in [0.1, 0.15) is 4.60 Å². The molecule has 0 spiro atoms. The highest BCUT2D eigenvalue weighted by Crippen LogP contribution is 2.23. The Morgan fingerprint density at radius 2 is 1.95 bits per heavy atom. The van der Waals surface area contributed by atoms with Gasteiger partial charge >= 0.3 is 0 Å². The zero-order chi connectivity index (χ0) is 15.2. The van der Waals surface area contributed by atoms with E-state index in [9.17, 15) is 0 Å². The summed E-state index contributed by atoms with van der Waals surface area (Å²) < 4.78 is 0.591. The molecule has 0 bridgehead atoms. The lowest BCUT2D eigenvalue weighted by Crippen LogP contribution is -2.30. The third-order valence-corrected chi connectivity index (χ3v) is 4.11. The topological polar surface area (TPSA) is 62.7 Å². The van der Waals surface area contributed by atoms with Gasteiger partial charge in [-0.05, 0) is 34.2 Å². The lowest BCUT2D eigenvalue weighted by atomic mass is 10.2. The monoisotopic (exact) mass is 405 g/mol. The van der Waals surface area contributed by atoms with Crippen molar-refractivity contribution in [2.24, 2.45) is 0 Å². The molecular formula is C12H10BrCl2N5S. The molecule has 0 amide bonds. The molecule has 0 saturated carbocycles. The number of hydrogen-bond acceptors (Lipinski definition) is 4. The molecule has 0 aliphatic carbocycles. The van der Waals surface area contributed by atoms with Gasteiger partial charge in [-0.2, -0.15) is 0 Å². The average molecular weight is 407 g/mol. The van der Waals surface area contributed by atoms with Crippen molar-refractivity contribution in [3.8, 4) is 0 Å². The molecule has 9 heteroatoms. The third kappa shape index (κ3) is 4.74. The SMILES string of the molecule is S=C(NCCc1nccc(Cl)c1Cl)Nc1nccnc1Br. The minimum Gasteiger partial charge on any atom is -0.362 e. The summed E-state index contributed by atoms with van der Waals surface area (Å²) in [6.07, 6.45) is 5.38. The van der Waals surface area contributed by atoms with Gasteiger partial charge in [0.25, 0.3) is 0 Å². The second-order valence-electron chi connectivity index (χ2n) is 3.88. The zero-order valence-corrected chi connectivity index (χ0v) is 14.5. The number of rotatable bonds is 4. The minimum atomic E-state index is 0.439. The van der Waals surface area contributed by atoms with Crippen molar-refractivity contribution in [2.45, 2.75) is 6.42 Å². The van der Waals surface area contributed by atoms with Crippen molar-refractivity contribution in [2.75, 3.05) is 11.9 Å². The molecule has 5 nitrogen and oxygen atoms in total. The lowest BCUT2D eigenvalue weighted by molar-refractivity contribution is 0.847. The van der Waals surface area contributed by atoms with Gasteiger partial charge in [0.2, 0.25) is 0 Å². The molecule has 2 heterocycles. The second-order valence-corrected chi connectivity index (χ2v) is 5.82. The minimum absolute atomic E-state index is 0.439. The third-order valence-electron chi connectivity index (χ3n) is 2.45. The molecule has 2 N–H and O–H groups in total. The highest BCUT2D eigenvalue weighted by atomic mass is 79.9. The van der Waals surface area contributed by atoms with Crippen LogP contribution in [0.3, 0.4) is 0 Å². The van der Waals surface area contributed by atoms with E-state index in [2.05, 4.69) is 41.5 Å². The predicted octanol–water partition coefficient (Wildman–Crippen LogP) is 3.47. The Kier molecular flexibility index (Phi) is 6.10. The largest absolute Gasteiger partial charge is 0.362 e. The van der Waals surface area contributed by atoms with Gasteiger partial charge in [0.05, 0.1) is 15.7 Å². The summed E-state index contributed by atoms with van der Waals surface area (Å²) in [6.45, 7) is 0.566. The molecule has 21 heavy (non-hydrogen) atoms. The summed E-state index contributed by atoms with van der Waals surface area (Å²) in [7, 11) is 0. The molecule has 0 aromatic carbocycles. The highest BCUT2D eigenvalue weighted by Gasteiger charge is 2.07. The van der Waals surface area contributed by atoms with Crippen LogP contribution in [0.15, 0.2) is 29.3 Å². The van der Waals surface area contributed by atoms with E-state index >= 15 is 0 Å².